The minimum absolute atomic E-state index is 0.364. The van der Waals surface area contributed by atoms with Crippen molar-refractivity contribution in [3.05, 3.63) is 12.2 Å². The number of allylic oxidation sites excluding steroid dienone is 1. The number of rotatable bonds is 7. The summed E-state index contributed by atoms with van der Waals surface area (Å²) >= 11 is 0. The Hall–Kier alpha value is -0.630. The second-order valence-electron chi connectivity index (χ2n) is 3.35. The normalized spacial score (nSPS) is 13.6. The summed E-state index contributed by atoms with van der Waals surface area (Å²) in [7, 11) is 0. The van der Waals surface area contributed by atoms with Crippen LogP contribution < -0.4 is 0 Å². The molecule has 0 rings (SSSR count). The average Bonchev–Trinajstić information content (AvgIpc) is 2.43. The quantitative estimate of drug-likeness (QED) is 0.352. The van der Waals surface area contributed by atoms with Gasteiger partial charge in [0.25, 0.3) is 0 Å². The molecule has 0 saturated carbocycles. The van der Waals surface area contributed by atoms with E-state index >= 15 is 0 Å². The summed E-state index contributed by atoms with van der Waals surface area (Å²) in [4.78, 5) is 4.46. The SMILES string of the molecule is CC.CC.CC=NC(CCOCC)[C@H](C)/C=C\C. The topological polar surface area (TPSA) is 21.6 Å². The predicted octanol–water partition coefficient (Wildman–Crippen LogP) is 5.14. The van der Waals surface area contributed by atoms with E-state index in [0.717, 1.165) is 19.6 Å². The van der Waals surface area contributed by atoms with Crippen molar-refractivity contribution in [2.24, 2.45) is 10.9 Å². The van der Waals surface area contributed by atoms with Gasteiger partial charge >= 0.3 is 0 Å². The molecule has 0 aromatic heterocycles. The monoisotopic (exact) mass is 257 g/mol. The summed E-state index contributed by atoms with van der Waals surface area (Å²) < 4.78 is 5.34. The minimum atomic E-state index is 0.364. The molecule has 0 spiro atoms. The lowest BCUT2D eigenvalue weighted by Gasteiger charge is -2.16. The fraction of sp³-hybridized carbons (Fsp3) is 0.812. The van der Waals surface area contributed by atoms with Crippen molar-refractivity contribution in [1.29, 1.82) is 0 Å². The molecule has 0 radical (unpaired) electrons. The molecule has 0 amide bonds. The molecule has 0 aromatic carbocycles. The molecule has 110 valence electrons. The molecule has 18 heavy (non-hydrogen) atoms. The summed E-state index contributed by atoms with van der Waals surface area (Å²) in [6.07, 6.45) is 7.17. The standard InChI is InChI=1S/C12H23NO.2C2H6/c1-5-8-11(4)12(13-6-2)9-10-14-7-3;2*1-2/h5-6,8,11-12H,7,9-10H2,1-4H3;2*1-2H3/b8-5-,13-6?;;/t11-,12?;;/m1../s1. The summed E-state index contributed by atoms with van der Waals surface area (Å²) in [5.74, 6) is 0.497. The molecule has 0 aliphatic heterocycles. The van der Waals surface area contributed by atoms with Crippen LogP contribution in [0.3, 0.4) is 0 Å². The van der Waals surface area contributed by atoms with Crippen LogP contribution in [0.5, 0.6) is 0 Å². The molecule has 0 aliphatic carbocycles. The lowest BCUT2D eigenvalue weighted by Crippen LogP contribution is -2.16. The van der Waals surface area contributed by atoms with E-state index in [0.29, 0.717) is 12.0 Å². The van der Waals surface area contributed by atoms with Crippen molar-refractivity contribution in [2.75, 3.05) is 13.2 Å². The van der Waals surface area contributed by atoms with Crippen LogP contribution in [0.2, 0.25) is 0 Å². The van der Waals surface area contributed by atoms with Crippen LogP contribution in [0.15, 0.2) is 17.1 Å². The van der Waals surface area contributed by atoms with Gasteiger partial charge in [0, 0.05) is 13.2 Å². The Kier molecular flexibility index (Phi) is 27.1. The molecule has 0 saturated heterocycles. The van der Waals surface area contributed by atoms with E-state index in [1.807, 2.05) is 54.7 Å². The predicted molar refractivity (Wildman–Crippen MR) is 85.7 cm³/mol. The number of aliphatic imine (C=N–C) groups is 1. The molecular weight excluding hydrogens is 222 g/mol. The van der Waals surface area contributed by atoms with Gasteiger partial charge in [0.2, 0.25) is 0 Å². The molecule has 2 heteroatoms. The Balaban J connectivity index is -0.000000506. The molecule has 0 heterocycles. The van der Waals surface area contributed by atoms with Crippen molar-refractivity contribution in [1.82, 2.24) is 0 Å². The molecule has 0 bridgehead atoms. The summed E-state index contributed by atoms with van der Waals surface area (Å²) in [5.41, 5.74) is 0. The maximum Gasteiger partial charge on any atom is 0.0577 e. The number of hydrogen-bond acceptors (Lipinski definition) is 2. The highest BCUT2D eigenvalue weighted by Crippen LogP contribution is 2.12. The third kappa shape index (κ3) is 15.4. The maximum absolute atomic E-state index is 5.34. The number of nitrogens with zero attached hydrogens (tertiary/aromatic N) is 1. The van der Waals surface area contributed by atoms with E-state index in [1.54, 1.807) is 0 Å². The highest BCUT2D eigenvalue weighted by atomic mass is 16.5. The smallest absolute Gasteiger partial charge is 0.0577 e. The molecule has 0 aliphatic rings. The molecule has 0 fully saturated rings. The second-order valence-corrected chi connectivity index (χ2v) is 3.35. The molecular formula is C16H35NO. The van der Waals surface area contributed by atoms with Crippen LogP contribution in [0, 0.1) is 5.92 Å². The van der Waals surface area contributed by atoms with Gasteiger partial charge < -0.3 is 4.74 Å². The van der Waals surface area contributed by atoms with E-state index in [9.17, 15) is 0 Å². The highest BCUT2D eigenvalue weighted by molar-refractivity contribution is 5.53. The van der Waals surface area contributed by atoms with Crippen LogP contribution in [0.25, 0.3) is 0 Å². The van der Waals surface area contributed by atoms with Gasteiger partial charge in [-0.1, -0.05) is 46.8 Å². The highest BCUT2D eigenvalue weighted by Gasteiger charge is 2.11. The molecule has 0 N–H and O–H groups in total. The molecule has 0 aromatic rings. The first-order valence-corrected chi connectivity index (χ1v) is 7.44. The van der Waals surface area contributed by atoms with Crippen molar-refractivity contribution in [3.63, 3.8) is 0 Å². The first-order chi connectivity index (χ1) is 8.76. The van der Waals surface area contributed by atoms with E-state index in [1.165, 1.54) is 0 Å². The van der Waals surface area contributed by atoms with Gasteiger partial charge in [-0.2, -0.15) is 0 Å². The lowest BCUT2D eigenvalue weighted by atomic mass is 9.99. The summed E-state index contributed by atoms with van der Waals surface area (Å²) in [6.45, 7) is 17.8. The van der Waals surface area contributed by atoms with E-state index in [-0.39, 0.29) is 0 Å². The number of ether oxygens (including phenoxy) is 1. The molecule has 2 atom stereocenters. The summed E-state index contributed by atoms with van der Waals surface area (Å²) in [6, 6.07) is 0.364. The number of hydrogen-bond donors (Lipinski definition) is 0. The second kappa shape index (κ2) is 21.6. The average molecular weight is 257 g/mol. The zero-order valence-corrected chi connectivity index (χ0v) is 13.9. The summed E-state index contributed by atoms with van der Waals surface area (Å²) in [5, 5.41) is 0. The zero-order chi connectivity index (χ0) is 14.8. The minimum Gasteiger partial charge on any atom is -0.382 e. The van der Waals surface area contributed by atoms with Crippen LogP contribution in [0.4, 0.5) is 0 Å². The van der Waals surface area contributed by atoms with Gasteiger partial charge in [-0.3, -0.25) is 4.99 Å². The van der Waals surface area contributed by atoms with Crippen LogP contribution in [0.1, 0.15) is 61.8 Å². The first-order valence-electron chi connectivity index (χ1n) is 7.44. The van der Waals surface area contributed by atoms with Crippen LogP contribution in [-0.2, 0) is 4.74 Å². The van der Waals surface area contributed by atoms with Crippen molar-refractivity contribution < 1.29 is 4.74 Å². The Morgan fingerprint density at radius 2 is 1.67 bits per heavy atom. The van der Waals surface area contributed by atoms with Gasteiger partial charge in [0.1, 0.15) is 0 Å². The van der Waals surface area contributed by atoms with E-state index < -0.39 is 0 Å². The Labute approximate surface area is 116 Å². The fourth-order valence-electron chi connectivity index (χ4n) is 1.44. The molecule has 2 nitrogen and oxygen atoms in total. The van der Waals surface area contributed by atoms with Crippen LogP contribution in [-0.4, -0.2) is 25.5 Å². The first kappa shape index (κ1) is 22.5. The van der Waals surface area contributed by atoms with Gasteiger partial charge in [-0.05, 0) is 39.3 Å². The molecule has 1 unspecified atom stereocenters. The van der Waals surface area contributed by atoms with E-state index in [4.69, 9.17) is 4.74 Å². The fourth-order valence-corrected chi connectivity index (χ4v) is 1.44. The van der Waals surface area contributed by atoms with E-state index in [2.05, 4.69) is 24.1 Å². The Morgan fingerprint density at radius 3 is 2.06 bits per heavy atom. The van der Waals surface area contributed by atoms with Gasteiger partial charge in [-0.15, -0.1) is 0 Å². The zero-order valence-electron chi connectivity index (χ0n) is 13.9. The Bertz CT molecular complexity index is 176. The van der Waals surface area contributed by atoms with Crippen molar-refractivity contribution >= 4 is 6.21 Å². The van der Waals surface area contributed by atoms with Gasteiger partial charge in [0.05, 0.1) is 6.04 Å². The maximum atomic E-state index is 5.34. The van der Waals surface area contributed by atoms with Gasteiger partial charge in [-0.25, -0.2) is 0 Å². The largest absolute Gasteiger partial charge is 0.382 e. The van der Waals surface area contributed by atoms with Crippen LogP contribution >= 0.6 is 0 Å². The van der Waals surface area contributed by atoms with Crippen molar-refractivity contribution in [2.45, 2.75) is 67.9 Å². The third-order valence-electron chi connectivity index (χ3n) is 2.21. The Morgan fingerprint density at radius 1 is 1.11 bits per heavy atom. The third-order valence-corrected chi connectivity index (χ3v) is 2.21. The van der Waals surface area contributed by atoms with Gasteiger partial charge in [0.15, 0.2) is 0 Å². The lowest BCUT2D eigenvalue weighted by molar-refractivity contribution is 0.137. The van der Waals surface area contributed by atoms with Crippen molar-refractivity contribution in [3.8, 4) is 0 Å².